The summed E-state index contributed by atoms with van der Waals surface area (Å²) in [4.78, 5) is 14.7. The molecular weight excluding hydrogens is 303 g/mol. The molecule has 1 atom stereocenters. The van der Waals surface area contributed by atoms with Crippen LogP contribution in [0, 0.1) is 5.82 Å². The largest absolute Gasteiger partial charge is 0.308 e. The summed E-state index contributed by atoms with van der Waals surface area (Å²) in [7, 11) is 0. The zero-order valence-electron chi connectivity index (χ0n) is 13.7. The number of ketones is 1. The van der Waals surface area contributed by atoms with Crippen LogP contribution in [0.2, 0.25) is 0 Å². The van der Waals surface area contributed by atoms with Crippen molar-refractivity contribution < 1.29 is 9.18 Å². The summed E-state index contributed by atoms with van der Waals surface area (Å²) in [6, 6.07) is 16.4. The predicted molar refractivity (Wildman–Crippen MR) is 93.6 cm³/mol. The molecule has 1 aliphatic heterocycles. The van der Waals surface area contributed by atoms with Gasteiger partial charge in [0.2, 0.25) is 0 Å². The molecule has 0 spiro atoms. The van der Waals surface area contributed by atoms with Crippen molar-refractivity contribution in [1.29, 1.82) is 0 Å². The molecule has 0 amide bonds. The lowest BCUT2D eigenvalue weighted by Gasteiger charge is -2.28. The van der Waals surface area contributed by atoms with E-state index in [4.69, 9.17) is 0 Å². The van der Waals surface area contributed by atoms with Crippen LogP contribution in [-0.2, 0) is 0 Å². The molecule has 0 saturated carbocycles. The number of nitrogens with zero attached hydrogens (tertiary/aromatic N) is 1. The molecule has 1 unspecified atom stereocenters. The first-order chi connectivity index (χ1) is 11.7. The van der Waals surface area contributed by atoms with E-state index < -0.39 is 0 Å². The van der Waals surface area contributed by atoms with Gasteiger partial charge in [0.15, 0.2) is 5.78 Å². The standard InChI is InChI=1S/C20H23FN2O/c21-18-10-8-17(9-11-18)20(24)15-22-14-19(23-12-4-5-13-23)16-6-2-1-3-7-16/h1-3,6-11,19,22H,4-5,12-15H2. The van der Waals surface area contributed by atoms with Gasteiger partial charge in [-0.1, -0.05) is 30.3 Å². The molecular formula is C20H23FN2O. The van der Waals surface area contributed by atoms with Crippen LogP contribution in [-0.4, -0.2) is 36.9 Å². The van der Waals surface area contributed by atoms with Gasteiger partial charge in [0.25, 0.3) is 0 Å². The molecule has 1 fully saturated rings. The molecule has 1 aliphatic rings. The Kier molecular flexibility index (Phi) is 5.72. The Balaban J connectivity index is 1.59. The number of carbonyl (C=O) groups excluding carboxylic acids is 1. The highest BCUT2D eigenvalue weighted by Gasteiger charge is 2.23. The number of nitrogens with one attached hydrogen (secondary N) is 1. The molecule has 2 aromatic carbocycles. The number of hydrogen-bond acceptors (Lipinski definition) is 3. The summed E-state index contributed by atoms with van der Waals surface area (Å²) in [5.41, 5.74) is 1.82. The van der Waals surface area contributed by atoms with Crippen molar-refractivity contribution in [3.05, 3.63) is 71.5 Å². The molecule has 3 nitrogen and oxygen atoms in total. The Hall–Kier alpha value is -2.04. The van der Waals surface area contributed by atoms with Crippen molar-refractivity contribution in [2.24, 2.45) is 0 Å². The van der Waals surface area contributed by atoms with Crippen LogP contribution >= 0.6 is 0 Å². The fraction of sp³-hybridized carbons (Fsp3) is 0.350. The number of benzene rings is 2. The van der Waals surface area contributed by atoms with E-state index in [1.54, 1.807) is 0 Å². The fourth-order valence-electron chi connectivity index (χ4n) is 3.25. The molecule has 3 rings (SSSR count). The monoisotopic (exact) mass is 326 g/mol. The van der Waals surface area contributed by atoms with Crippen molar-refractivity contribution in [1.82, 2.24) is 10.2 Å². The van der Waals surface area contributed by atoms with E-state index in [1.807, 2.05) is 6.07 Å². The molecule has 0 aromatic heterocycles. The Bertz CT molecular complexity index is 651. The van der Waals surface area contributed by atoms with E-state index in [2.05, 4.69) is 34.5 Å². The third-order valence-corrected chi connectivity index (χ3v) is 4.56. The molecule has 0 radical (unpaired) electrons. The van der Waals surface area contributed by atoms with E-state index in [0.29, 0.717) is 5.56 Å². The first-order valence-corrected chi connectivity index (χ1v) is 8.52. The van der Waals surface area contributed by atoms with Gasteiger partial charge in [0, 0.05) is 18.2 Å². The van der Waals surface area contributed by atoms with E-state index in [-0.39, 0.29) is 24.2 Å². The topological polar surface area (TPSA) is 32.3 Å². The number of rotatable bonds is 7. The second-order valence-corrected chi connectivity index (χ2v) is 6.23. The highest BCUT2D eigenvalue weighted by atomic mass is 19.1. The van der Waals surface area contributed by atoms with Crippen molar-refractivity contribution in [3.63, 3.8) is 0 Å². The number of hydrogen-bond donors (Lipinski definition) is 1. The summed E-state index contributed by atoms with van der Waals surface area (Å²) in [6.45, 7) is 3.21. The lowest BCUT2D eigenvalue weighted by atomic mass is 10.1. The van der Waals surface area contributed by atoms with Gasteiger partial charge in [-0.15, -0.1) is 0 Å². The van der Waals surface area contributed by atoms with Gasteiger partial charge in [-0.3, -0.25) is 9.69 Å². The van der Waals surface area contributed by atoms with E-state index >= 15 is 0 Å². The van der Waals surface area contributed by atoms with Crippen LogP contribution < -0.4 is 5.32 Å². The predicted octanol–water partition coefficient (Wildman–Crippen LogP) is 3.44. The maximum atomic E-state index is 12.9. The van der Waals surface area contributed by atoms with Crippen molar-refractivity contribution >= 4 is 5.78 Å². The van der Waals surface area contributed by atoms with Crippen LogP contribution in [0.4, 0.5) is 4.39 Å². The quantitative estimate of drug-likeness (QED) is 0.791. The Morgan fingerprint density at radius 2 is 1.71 bits per heavy atom. The van der Waals surface area contributed by atoms with Crippen molar-refractivity contribution in [2.45, 2.75) is 18.9 Å². The summed E-state index contributed by atoms with van der Waals surface area (Å²) < 4.78 is 12.9. The third-order valence-electron chi connectivity index (χ3n) is 4.56. The molecule has 1 saturated heterocycles. The van der Waals surface area contributed by atoms with Gasteiger partial charge in [-0.2, -0.15) is 0 Å². The minimum atomic E-state index is -0.322. The van der Waals surface area contributed by atoms with E-state index in [9.17, 15) is 9.18 Å². The fourth-order valence-corrected chi connectivity index (χ4v) is 3.25. The number of likely N-dealkylation sites (tertiary alicyclic amines) is 1. The summed E-state index contributed by atoms with van der Waals surface area (Å²) in [5, 5.41) is 3.29. The van der Waals surface area contributed by atoms with Gasteiger partial charge in [-0.25, -0.2) is 4.39 Å². The summed E-state index contributed by atoms with van der Waals surface area (Å²) in [5.74, 6) is -0.332. The summed E-state index contributed by atoms with van der Waals surface area (Å²) in [6.07, 6.45) is 2.47. The van der Waals surface area contributed by atoms with Gasteiger partial charge in [-0.05, 0) is 55.8 Å². The lowest BCUT2D eigenvalue weighted by molar-refractivity contribution is 0.0987. The van der Waals surface area contributed by atoms with Crippen LogP contribution in [0.3, 0.4) is 0 Å². The maximum absolute atomic E-state index is 12.9. The number of carbonyl (C=O) groups is 1. The average molecular weight is 326 g/mol. The second kappa shape index (κ2) is 8.18. The van der Waals surface area contributed by atoms with Crippen LogP contribution in [0.1, 0.15) is 34.8 Å². The highest BCUT2D eigenvalue weighted by Crippen LogP contribution is 2.24. The van der Waals surface area contributed by atoms with Crippen molar-refractivity contribution in [2.75, 3.05) is 26.2 Å². The Morgan fingerprint density at radius 3 is 2.38 bits per heavy atom. The first kappa shape index (κ1) is 16.8. The minimum Gasteiger partial charge on any atom is -0.308 e. The molecule has 24 heavy (non-hydrogen) atoms. The minimum absolute atomic E-state index is 0.0109. The van der Waals surface area contributed by atoms with E-state index in [0.717, 1.165) is 19.6 Å². The summed E-state index contributed by atoms with van der Waals surface area (Å²) >= 11 is 0. The molecule has 4 heteroatoms. The Morgan fingerprint density at radius 1 is 1.04 bits per heavy atom. The van der Waals surface area contributed by atoms with Crippen LogP contribution in [0.25, 0.3) is 0 Å². The molecule has 2 aromatic rings. The van der Waals surface area contributed by atoms with Crippen LogP contribution in [0.5, 0.6) is 0 Å². The highest BCUT2D eigenvalue weighted by molar-refractivity contribution is 5.97. The molecule has 0 bridgehead atoms. The average Bonchev–Trinajstić information content (AvgIpc) is 3.14. The first-order valence-electron chi connectivity index (χ1n) is 8.52. The number of halogens is 1. The second-order valence-electron chi connectivity index (χ2n) is 6.23. The number of Topliss-reactive ketones (excluding diaryl/α,β-unsaturated/α-hetero) is 1. The Labute approximate surface area is 142 Å². The molecule has 0 aliphatic carbocycles. The molecule has 1 heterocycles. The SMILES string of the molecule is O=C(CNCC(c1ccccc1)N1CCCC1)c1ccc(F)cc1. The van der Waals surface area contributed by atoms with Gasteiger partial charge >= 0.3 is 0 Å². The lowest BCUT2D eigenvalue weighted by Crippen LogP contribution is -2.36. The zero-order chi connectivity index (χ0) is 16.8. The zero-order valence-corrected chi connectivity index (χ0v) is 13.7. The van der Waals surface area contributed by atoms with Crippen LogP contribution in [0.15, 0.2) is 54.6 Å². The van der Waals surface area contributed by atoms with E-state index in [1.165, 1.54) is 42.7 Å². The van der Waals surface area contributed by atoms with Gasteiger partial charge in [0.1, 0.15) is 5.82 Å². The normalized spacial score (nSPS) is 16.2. The maximum Gasteiger partial charge on any atom is 0.176 e. The van der Waals surface area contributed by atoms with Crippen molar-refractivity contribution in [3.8, 4) is 0 Å². The van der Waals surface area contributed by atoms with Gasteiger partial charge in [0.05, 0.1) is 6.54 Å². The molecule has 126 valence electrons. The molecule has 1 N–H and O–H groups in total. The third kappa shape index (κ3) is 4.28. The van der Waals surface area contributed by atoms with Gasteiger partial charge < -0.3 is 5.32 Å². The smallest absolute Gasteiger partial charge is 0.176 e.